The second kappa shape index (κ2) is 5.84. The van der Waals surface area contributed by atoms with Crippen molar-refractivity contribution in [1.82, 2.24) is 4.98 Å². The molecule has 1 heterocycles. The van der Waals surface area contributed by atoms with Crippen molar-refractivity contribution in [3.8, 4) is 11.6 Å². The zero-order chi connectivity index (χ0) is 13.8. The monoisotopic (exact) mass is 321 g/mol. The van der Waals surface area contributed by atoms with Crippen LogP contribution in [0.25, 0.3) is 0 Å². The molecule has 1 aromatic carbocycles. The molecule has 5 heteroatoms. The number of aromatic nitrogens is 1. The van der Waals surface area contributed by atoms with Gasteiger partial charge in [0.2, 0.25) is 5.88 Å². The quantitative estimate of drug-likeness (QED) is 0.808. The molecule has 0 bridgehead atoms. The maximum atomic E-state index is 11.4. The summed E-state index contributed by atoms with van der Waals surface area (Å²) in [7, 11) is 1.34. The lowest BCUT2D eigenvalue weighted by molar-refractivity contribution is 0.0600. The van der Waals surface area contributed by atoms with Crippen LogP contribution in [0.15, 0.2) is 41.0 Å². The summed E-state index contributed by atoms with van der Waals surface area (Å²) in [6.45, 7) is 1.94. The molecule has 0 N–H and O–H groups in total. The number of carbonyl (C=O) groups excluding carboxylic acids is 1. The minimum Gasteiger partial charge on any atom is -0.465 e. The zero-order valence-electron chi connectivity index (χ0n) is 10.5. The van der Waals surface area contributed by atoms with E-state index in [1.54, 1.807) is 12.1 Å². The largest absolute Gasteiger partial charge is 0.465 e. The molecule has 0 radical (unpaired) electrons. The number of hydrogen-bond donors (Lipinski definition) is 0. The molecule has 4 nitrogen and oxygen atoms in total. The van der Waals surface area contributed by atoms with Gasteiger partial charge in [0.1, 0.15) is 5.75 Å². The molecular weight excluding hydrogens is 310 g/mol. The fraction of sp³-hybridized carbons (Fsp3) is 0.143. The van der Waals surface area contributed by atoms with Crippen LogP contribution in [0, 0.1) is 6.92 Å². The van der Waals surface area contributed by atoms with Crippen LogP contribution in [0.4, 0.5) is 0 Å². The average Bonchev–Trinajstić information content (AvgIpc) is 2.42. The molecule has 0 aliphatic rings. The topological polar surface area (TPSA) is 48.4 Å². The molecule has 2 rings (SSSR count). The third-order valence-electron chi connectivity index (χ3n) is 2.52. The number of nitrogens with zero attached hydrogens (tertiary/aromatic N) is 1. The van der Waals surface area contributed by atoms with Gasteiger partial charge in [-0.2, -0.15) is 0 Å². The lowest BCUT2D eigenvalue weighted by Crippen LogP contribution is -2.02. The van der Waals surface area contributed by atoms with Gasteiger partial charge in [-0.15, -0.1) is 0 Å². The molecule has 0 spiro atoms. The molecule has 0 saturated heterocycles. The van der Waals surface area contributed by atoms with E-state index in [1.807, 2.05) is 25.1 Å². The Hall–Kier alpha value is -1.88. The molecule has 0 aliphatic carbocycles. The lowest BCUT2D eigenvalue weighted by Gasteiger charge is -2.08. The van der Waals surface area contributed by atoms with E-state index >= 15 is 0 Å². The Bertz CT molecular complexity index is 613. The number of carbonyl (C=O) groups is 1. The highest BCUT2D eigenvalue weighted by Crippen LogP contribution is 2.27. The van der Waals surface area contributed by atoms with Gasteiger partial charge in [-0.1, -0.05) is 22.0 Å². The number of hydrogen-bond acceptors (Lipinski definition) is 4. The fourth-order valence-corrected chi connectivity index (χ4v) is 1.85. The van der Waals surface area contributed by atoms with Crippen LogP contribution in [0.3, 0.4) is 0 Å². The Morgan fingerprint density at radius 3 is 2.79 bits per heavy atom. The summed E-state index contributed by atoms with van der Waals surface area (Å²) in [6.07, 6.45) is 1.51. The molecule has 0 saturated carbocycles. The number of benzene rings is 1. The smallest absolute Gasteiger partial charge is 0.338 e. The van der Waals surface area contributed by atoms with Gasteiger partial charge in [-0.05, 0) is 30.7 Å². The second-order valence-corrected chi connectivity index (χ2v) is 4.80. The second-order valence-electron chi connectivity index (χ2n) is 3.89. The molecule has 0 atom stereocenters. The number of ether oxygens (including phenoxy) is 2. The highest BCUT2D eigenvalue weighted by Gasteiger charge is 2.09. The summed E-state index contributed by atoms with van der Waals surface area (Å²) < 4.78 is 11.2. The number of aryl methyl sites for hydroxylation is 1. The van der Waals surface area contributed by atoms with Crippen molar-refractivity contribution in [2.45, 2.75) is 6.92 Å². The van der Waals surface area contributed by atoms with Crippen molar-refractivity contribution in [2.75, 3.05) is 7.11 Å². The van der Waals surface area contributed by atoms with E-state index in [2.05, 4.69) is 25.7 Å². The molecule has 19 heavy (non-hydrogen) atoms. The number of methoxy groups -OCH3 is 1. The minimum atomic E-state index is -0.418. The Balaban J connectivity index is 2.28. The van der Waals surface area contributed by atoms with E-state index in [4.69, 9.17) is 4.74 Å². The average molecular weight is 322 g/mol. The van der Waals surface area contributed by atoms with Gasteiger partial charge in [-0.3, -0.25) is 0 Å². The van der Waals surface area contributed by atoms with Crippen LogP contribution in [-0.4, -0.2) is 18.1 Å². The van der Waals surface area contributed by atoms with Gasteiger partial charge in [0.05, 0.1) is 12.7 Å². The predicted molar refractivity (Wildman–Crippen MR) is 74.5 cm³/mol. The van der Waals surface area contributed by atoms with Crippen LogP contribution >= 0.6 is 15.9 Å². The highest BCUT2D eigenvalue weighted by molar-refractivity contribution is 9.10. The Morgan fingerprint density at radius 2 is 2.05 bits per heavy atom. The maximum Gasteiger partial charge on any atom is 0.338 e. The molecule has 1 aromatic heterocycles. The van der Waals surface area contributed by atoms with Crippen LogP contribution in [-0.2, 0) is 4.74 Å². The first-order valence-corrected chi connectivity index (χ1v) is 6.38. The van der Waals surface area contributed by atoms with Gasteiger partial charge >= 0.3 is 5.97 Å². The predicted octanol–water partition coefficient (Wildman–Crippen LogP) is 3.73. The summed E-state index contributed by atoms with van der Waals surface area (Å²) in [5.41, 5.74) is 1.38. The van der Waals surface area contributed by atoms with Crippen molar-refractivity contribution in [1.29, 1.82) is 0 Å². The molecular formula is C14H12BrNO3. The standard InChI is InChI=1S/C14H12BrNO3/c1-9-3-4-11(15)8-12(9)19-13-7-10(5-6-16-13)14(17)18-2/h3-8H,1-2H3. The van der Waals surface area contributed by atoms with E-state index < -0.39 is 5.97 Å². The Labute approximate surface area is 119 Å². The molecule has 0 aliphatic heterocycles. The normalized spacial score (nSPS) is 10.1. The molecule has 2 aromatic rings. The number of esters is 1. The van der Waals surface area contributed by atoms with E-state index in [0.29, 0.717) is 17.2 Å². The fourth-order valence-electron chi connectivity index (χ4n) is 1.51. The van der Waals surface area contributed by atoms with Crippen molar-refractivity contribution in [3.05, 3.63) is 52.1 Å². The Morgan fingerprint density at radius 1 is 1.26 bits per heavy atom. The van der Waals surface area contributed by atoms with Crippen molar-refractivity contribution in [3.63, 3.8) is 0 Å². The number of rotatable bonds is 3. The van der Waals surface area contributed by atoms with Crippen LogP contribution in [0.1, 0.15) is 15.9 Å². The summed E-state index contributed by atoms with van der Waals surface area (Å²) in [5, 5.41) is 0. The van der Waals surface area contributed by atoms with Crippen molar-refractivity contribution >= 4 is 21.9 Å². The molecule has 0 amide bonds. The zero-order valence-corrected chi connectivity index (χ0v) is 12.1. The van der Waals surface area contributed by atoms with Crippen LogP contribution in [0.2, 0.25) is 0 Å². The summed E-state index contributed by atoms with van der Waals surface area (Å²) >= 11 is 3.38. The molecule has 98 valence electrons. The summed E-state index contributed by atoms with van der Waals surface area (Å²) in [5.74, 6) is 0.617. The van der Waals surface area contributed by atoms with E-state index in [-0.39, 0.29) is 0 Å². The SMILES string of the molecule is COC(=O)c1ccnc(Oc2cc(Br)ccc2C)c1. The van der Waals surface area contributed by atoms with Crippen LogP contribution in [0.5, 0.6) is 11.6 Å². The molecule has 0 fully saturated rings. The summed E-state index contributed by atoms with van der Waals surface area (Å²) in [4.78, 5) is 15.5. The molecule has 0 unspecified atom stereocenters. The van der Waals surface area contributed by atoms with Crippen LogP contribution < -0.4 is 4.74 Å². The van der Waals surface area contributed by atoms with Gasteiger partial charge < -0.3 is 9.47 Å². The lowest BCUT2D eigenvalue weighted by atomic mass is 10.2. The highest BCUT2D eigenvalue weighted by atomic mass is 79.9. The van der Waals surface area contributed by atoms with Crippen molar-refractivity contribution in [2.24, 2.45) is 0 Å². The third-order valence-corrected chi connectivity index (χ3v) is 3.01. The maximum absolute atomic E-state index is 11.4. The number of pyridine rings is 1. The van der Waals surface area contributed by atoms with E-state index in [0.717, 1.165) is 10.0 Å². The number of halogens is 1. The van der Waals surface area contributed by atoms with Gasteiger partial charge in [0.25, 0.3) is 0 Å². The van der Waals surface area contributed by atoms with E-state index in [1.165, 1.54) is 13.3 Å². The van der Waals surface area contributed by atoms with E-state index in [9.17, 15) is 4.79 Å². The van der Waals surface area contributed by atoms with Crippen molar-refractivity contribution < 1.29 is 14.3 Å². The first kappa shape index (κ1) is 13.5. The van der Waals surface area contributed by atoms with Gasteiger partial charge in [0.15, 0.2) is 0 Å². The van der Waals surface area contributed by atoms with Gasteiger partial charge in [-0.25, -0.2) is 9.78 Å². The minimum absolute atomic E-state index is 0.351. The third kappa shape index (κ3) is 3.32. The first-order valence-electron chi connectivity index (χ1n) is 5.58. The summed E-state index contributed by atoms with van der Waals surface area (Å²) in [6, 6.07) is 8.84. The first-order chi connectivity index (χ1) is 9.10. The Kier molecular flexibility index (Phi) is 4.16. The van der Waals surface area contributed by atoms with Gasteiger partial charge in [0, 0.05) is 16.7 Å².